The summed E-state index contributed by atoms with van der Waals surface area (Å²) >= 11 is 38.2. The molecule has 28 heavy (non-hydrogen) atoms. The van der Waals surface area contributed by atoms with Crippen LogP contribution in [0.5, 0.6) is 5.75 Å². The van der Waals surface area contributed by atoms with Crippen LogP contribution in [0.25, 0.3) is 0 Å². The second-order valence-corrected chi connectivity index (χ2v) is 9.64. The lowest BCUT2D eigenvalue weighted by Gasteiger charge is -2.33. The number of carbonyl (C=O) groups is 2. The summed E-state index contributed by atoms with van der Waals surface area (Å²) < 4.78 is 3.20. The summed E-state index contributed by atoms with van der Waals surface area (Å²) in [6.07, 6.45) is 0. The summed E-state index contributed by atoms with van der Waals surface area (Å²) in [5, 5.41) is 11.8. The number of rotatable bonds is 5. The molecule has 2 bridgehead atoms. The highest BCUT2D eigenvalue weighted by atomic mass is 35.5. The van der Waals surface area contributed by atoms with Crippen molar-refractivity contribution in [1.29, 1.82) is 0 Å². The van der Waals surface area contributed by atoms with Crippen LogP contribution in [-0.4, -0.2) is 37.7 Å². The highest BCUT2D eigenvalue weighted by molar-refractivity contribution is 6.66. The van der Waals surface area contributed by atoms with Crippen LogP contribution < -0.4 is 10.1 Å². The minimum Gasteiger partial charge on any atom is -0.494 e. The van der Waals surface area contributed by atoms with Crippen molar-refractivity contribution in [2.45, 2.75) is 21.0 Å². The Balaban J connectivity index is 2.00. The topological polar surface area (TPSA) is 75.6 Å². The predicted molar refractivity (Wildman–Crippen MR) is 111 cm³/mol. The Kier molecular flexibility index (Phi) is 5.76. The third kappa shape index (κ3) is 2.74. The second kappa shape index (κ2) is 7.29. The zero-order valence-corrected chi connectivity index (χ0v) is 18.6. The third-order valence-corrected chi connectivity index (χ3v) is 9.18. The van der Waals surface area contributed by atoms with Gasteiger partial charge in [-0.1, -0.05) is 46.4 Å². The van der Waals surface area contributed by atoms with E-state index >= 15 is 0 Å². The van der Waals surface area contributed by atoms with Crippen molar-refractivity contribution in [3.63, 3.8) is 0 Å². The van der Waals surface area contributed by atoms with E-state index < -0.39 is 37.8 Å². The summed E-state index contributed by atoms with van der Waals surface area (Å²) in [4.78, 5) is 20.9. The van der Waals surface area contributed by atoms with Gasteiger partial charge in [-0.15, -0.1) is 23.2 Å². The van der Waals surface area contributed by atoms with Crippen molar-refractivity contribution in [3.05, 3.63) is 34.3 Å². The number of alkyl halides is 4. The highest BCUT2D eigenvalue weighted by Crippen LogP contribution is 2.76. The number of hydrogen-bond donors (Lipinski definition) is 2. The average molecular weight is 508 g/mol. The van der Waals surface area contributed by atoms with Crippen molar-refractivity contribution >= 4 is 87.2 Å². The number of carboxylic acid groups (broad SMARTS) is 1. The average Bonchev–Trinajstić information content (AvgIpc) is 2.83. The molecule has 1 fully saturated rings. The third-order valence-electron chi connectivity index (χ3n) is 4.92. The Morgan fingerprint density at radius 2 is 1.54 bits per heavy atom. The van der Waals surface area contributed by atoms with E-state index in [4.69, 9.17) is 74.3 Å². The normalized spacial score (nSPS) is 33.1. The number of carbonyl (C=O) groups excluding carboxylic acids is 1. The van der Waals surface area contributed by atoms with E-state index in [0.29, 0.717) is 18.0 Å². The van der Waals surface area contributed by atoms with Gasteiger partial charge in [-0.25, -0.2) is 0 Å². The maximum Gasteiger partial charge on any atom is 0.309 e. The zero-order chi connectivity index (χ0) is 21.1. The molecular weight excluding hydrogens is 495 g/mol. The van der Waals surface area contributed by atoms with Gasteiger partial charge in [0.05, 0.1) is 28.5 Å². The quantitative estimate of drug-likeness (QED) is 0.538. The second-order valence-electron chi connectivity index (χ2n) is 6.37. The fourth-order valence-electron chi connectivity index (χ4n) is 3.65. The van der Waals surface area contributed by atoms with Gasteiger partial charge in [0, 0.05) is 5.69 Å². The lowest BCUT2D eigenvalue weighted by Crippen LogP contribution is -2.47. The molecule has 1 saturated carbocycles. The molecule has 1 amide bonds. The lowest BCUT2D eigenvalue weighted by molar-refractivity contribution is -0.146. The van der Waals surface area contributed by atoms with Crippen LogP contribution in [0, 0.1) is 11.8 Å². The molecule has 2 aliphatic rings. The van der Waals surface area contributed by atoms with E-state index in [2.05, 4.69) is 5.32 Å². The molecule has 3 rings (SSSR count). The first-order valence-electron chi connectivity index (χ1n) is 8.03. The van der Waals surface area contributed by atoms with Crippen molar-refractivity contribution in [2.75, 3.05) is 11.9 Å². The summed E-state index contributed by atoms with van der Waals surface area (Å²) in [5.74, 6) is -4.69. The molecule has 0 heterocycles. The molecule has 0 aromatic heterocycles. The van der Waals surface area contributed by atoms with Crippen LogP contribution >= 0.6 is 69.6 Å². The number of ether oxygens (including phenoxy) is 1. The number of benzene rings is 1. The molecule has 0 aliphatic heterocycles. The van der Waals surface area contributed by atoms with Crippen molar-refractivity contribution in [2.24, 2.45) is 11.8 Å². The number of fused-ring (bicyclic) bond motifs is 2. The number of allylic oxidation sites excluding steroid dienone is 2. The summed E-state index contributed by atoms with van der Waals surface area (Å²) in [6, 6.07) is 6.46. The largest absolute Gasteiger partial charge is 0.494 e. The van der Waals surface area contributed by atoms with Gasteiger partial charge < -0.3 is 15.2 Å². The van der Waals surface area contributed by atoms with Gasteiger partial charge in [0.2, 0.25) is 5.91 Å². The summed E-state index contributed by atoms with van der Waals surface area (Å²) in [6.45, 7) is 2.32. The Hall–Kier alpha value is -0.560. The molecule has 0 spiro atoms. The van der Waals surface area contributed by atoms with Crippen LogP contribution in [0.4, 0.5) is 5.69 Å². The summed E-state index contributed by atoms with van der Waals surface area (Å²) in [5.41, 5.74) is 0.380. The van der Waals surface area contributed by atoms with Gasteiger partial charge >= 0.3 is 5.97 Å². The highest BCUT2D eigenvalue weighted by Gasteiger charge is 2.85. The standard InChI is InChI=1S/C17H13Cl6NO4/c1-2-28-8-5-3-7(4-6-8)24-13(25)9-10(14(26)27)16(21)12(19)11(18)15(9,20)17(16,22)23/h3-6,9-10H,2H2,1H3,(H,24,25)(H,26,27)/t9-,10+,15+,16+/m0/s1. The van der Waals surface area contributed by atoms with Crippen molar-refractivity contribution in [3.8, 4) is 5.75 Å². The lowest BCUT2D eigenvalue weighted by atomic mass is 9.81. The van der Waals surface area contributed by atoms with E-state index in [0.717, 1.165) is 0 Å². The van der Waals surface area contributed by atoms with Gasteiger partial charge in [0.1, 0.15) is 15.5 Å². The smallest absolute Gasteiger partial charge is 0.309 e. The molecule has 4 atom stereocenters. The van der Waals surface area contributed by atoms with Gasteiger partial charge in [-0.05, 0) is 31.2 Å². The first kappa shape index (κ1) is 22.1. The maximum atomic E-state index is 13.0. The zero-order valence-electron chi connectivity index (χ0n) is 14.1. The van der Waals surface area contributed by atoms with Crippen LogP contribution in [0.2, 0.25) is 0 Å². The fourth-order valence-corrected chi connectivity index (χ4v) is 6.58. The fraction of sp³-hybridized carbons (Fsp3) is 0.412. The Labute approximate surface area is 190 Å². The first-order chi connectivity index (χ1) is 12.9. The van der Waals surface area contributed by atoms with E-state index in [-0.39, 0.29) is 10.1 Å². The van der Waals surface area contributed by atoms with E-state index in [9.17, 15) is 14.7 Å². The molecule has 0 saturated heterocycles. The van der Waals surface area contributed by atoms with Gasteiger partial charge in [0.25, 0.3) is 0 Å². The minimum absolute atomic E-state index is 0.250. The van der Waals surface area contributed by atoms with E-state index in [1.54, 1.807) is 24.3 Å². The predicted octanol–water partition coefficient (Wildman–Crippen LogP) is 5.19. The molecule has 5 nitrogen and oxygen atoms in total. The molecule has 1 aromatic carbocycles. The maximum absolute atomic E-state index is 13.0. The van der Waals surface area contributed by atoms with E-state index in [1.165, 1.54) is 0 Å². The molecular formula is C17H13Cl6NO4. The van der Waals surface area contributed by atoms with Gasteiger partial charge in [0.15, 0.2) is 4.33 Å². The van der Waals surface area contributed by atoms with Crippen molar-refractivity contribution < 1.29 is 19.4 Å². The molecule has 2 N–H and O–H groups in total. The van der Waals surface area contributed by atoms with E-state index in [1.807, 2.05) is 6.92 Å². The number of anilines is 1. The Morgan fingerprint density at radius 1 is 1.04 bits per heavy atom. The number of halogens is 6. The van der Waals surface area contributed by atoms with Gasteiger partial charge in [-0.3, -0.25) is 9.59 Å². The molecule has 0 unspecified atom stereocenters. The van der Waals surface area contributed by atoms with Gasteiger partial charge in [-0.2, -0.15) is 0 Å². The number of hydrogen-bond acceptors (Lipinski definition) is 3. The number of aliphatic carboxylic acids is 1. The number of amides is 1. The first-order valence-corrected chi connectivity index (χ1v) is 10.3. The van der Waals surface area contributed by atoms with Crippen LogP contribution in [0.1, 0.15) is 6.92 Å². The molecule has 2 aliphatic carbocycles. The molecule has 11 heteroatoms. The number of carboxylic acids is 1. The summed E-state index contributed by atoms with van der Waals surface area (Å²) in [7, 11) is 0. The van der Waals surface area contributed by atoms with Crippen molar-refractivity contribution in [1.82, 2.24) is 0 Å². The Bertz CT molecular complexity index is 873. The minimum atomic E-state index is -2.14. The monoisotopic (exact) mass is 505 g/mol. The SMILES string of the molecule is CCOc1ccc(NC(=O)[C@@H]2[C@H](C(=O)O)[C@@]3(Cl)C(Cl)=C(Cl)[C@@]2(Cl)C3(Cl)Cl)cc1. The van der Waals surface area contributed by atoms with Crippen LogP contribution in [-0.2, 0) is 9.59 Å². The van der Waals surface area contributed by atoms with Crippen LogP contribution in [0.3, 0.4) is 0 Å². The van der Waals surface area contributed by atoms with Crippen LogP contribution in [0.15, 0.2) is 34.3 Å². The molecule has 1 aromatic rings. The Morgan fingerprint density at radius 3 is 2.00 bits per heavy atom. The molecule has 0 radical (unpaired) electrons. The number of nitrogens with one attached hydrogen (secondary N) is 1. The molecule has 152 valence electrons.